The van der Waals surface area contributed by atoms with Gasteiger partial charge in [-0.15, -0.1) is 0 Å². The van der Waals surface area contributed by atoms with Crippen LogP contribution in [-0.2, 0) is 6.54 Å². The molecule has 0 aliphatic rings. The normalized spacial score (nSPS) is 10.9. The molecule has 0 radical (unpaired) electrons. The molecule has 0 aliphatic carbocycles. The van der Waals surface area contributed by atoms with E-state index in [2.05, 4.69) is 78.4 Å². The molecule has 1 N–H and O–H groups in total. The van der Waals surface area contributed by atoms with Crippen molar-refractivity contribution in [1.29, 1.82) is 0 Å². The van der Waals surface area contributed by atoms with Crippen molar-refractivity contribution in [2.75, 3.05) is 6.54 Å². The van der Waals surface area contributed by atoms with Crippen molar-refractivity contribution >= 4 is 27.7 Å². The van der Waals surface area contributed by atoms with Gasteiger partial charge in [0.25, 0.3) is 0 Å². The SMILES string of the molecule is CCCNCc1ccc(Br)cc1Sc1cc(C)ccc1C. The van der Waals surface area contributed by atoms with E-state index in [1.54, 1.807) is 0 Å². The fourth-order valence-electron chi connectivity index (χ4n) is 2.10. The molecule has 3 heteroatoms. The van der Waals surface area contributed by atoms with Crippen LogP contribution in [0.5, 0.6) is 0 Å². The van der Waals surface area contributed by atoms with Crippen LogP contribution in [0.2, 0.25) is 0 Å². The third-order valence-electron chi connectivity index (χ3n) is 3.33. The second kappa shape index (κ2) is 8.02. The summed E-state index contributed by atoms with van der Waals surface area (Å²) >= 11 is 5.45. The second-order valence-corrected chi connectivity index (χ2v) is 7.30. The Balaban J connectivity index is 2.25. The van der Waals surface area contributed by atoms with Crippen LogP contribution in [0.1, 0.15) is 30.0 Å². The molecule has 0 heterocycles. The van der Waals surface area contributed by atoms with Gasteiger partial charge in [-0.05, 0) is 61.7 Å². The second-order valence-electron chi connectivity index (χ2n) is 5.30. The molecule has 0 bridgehead atoms. The van der Waals surface area contributed by atoms with Gasteiger partial charge in [-0.2, -0.15) is 0 Å². The standard InChI is InChI=1S/C18H22BrNS/c1-4-9-20-12-15-7-8-16(19)11-18(15)21-17-10-13(2)5-6-14(17)3/h5-8,10-11,20H,4,9,12H2,1-3H3. The van der Waals surface area contributed by atoms with Gasteiger partial charge < -0.3 is 5.32 Å². The number of hydrogen-bond acceptors (Lipinski definition) is 2. The highest BCUT2D eigenvalue weighted by molar-refractivity contribution is 9.10. The number of hydrogen-bond donors (Lipinski definition) is 1. The lowest BCUT2D eigenvalue weighted by molar-refractivity contribution is 0.669. The Morgan fingerprint density at radius 1 is 1.05 bits per heavy atom. The van der Waals surface area contributed by atoms with Gasteiger partial charge in [-0.1, -0.05) is 52.8 Å². The number of nitrogens with one attached hydrogen (secondary N) is 1. The van der Waals surface area contributed by atoms with Crippen molar-refractivity contribution in [3.63, 3.8) is 0 Å². The molecule has 2 aromatic rings. The summed E-state index contributed by atoms with van der Waals surface area (Å²) in [6.07, 6.45) is 1.16. The summed E-state index contributed by atoms with van der Waals surface area (Å²) in [5.74, 6) is 0. The smallest absolute Gasteiger partial charge is 0.0216 e. The van der Waals surface area contributed by atoms with E-state index < -0.39 is 0 Å². The van der Waals surface area contributed by atoms with Gasteiger partial charge in [0, 0.05) is 20.8 Å². The minimum absolute atomic E-state index is 0.925. The third kappa shape index (κ3) is 4.87. The van der Waals surface area contributed by atoms with E-state index in [-0.39, 0.29) is 0 Å². The van der Waals surface area contributed by atoms with Crippen molar-refractivity contribution in [1.82, 2.24) is 5.32 Å². The molecule has 21 heavy (non-hydrogen) atoms. The molecule has 0 unspecified atom stereocenters. The predicted molar refractivity (Wildman–Crippen MR) is 96.2 cm³/mol. The summed E-state index contributed by atoms with van der Waals surface area (Å²) in [6, 6.07) is 13.2. The van der Waals surface area contributed by atoms with Crippen LogP contribution >= 0.6 is 27.7 Å². The zero-order valence-corrected chi connectivity index (χ0v) is 15.3. The summed E-state index contributed by atoms with van der Waals surface area (Å²) < 4.78 is 1.13. The summed E-state index contributed by atoms with van der Waals surface area (Å²) in [5.41, 5.74) is 4.00. The van der Waals surface area contributed by atoms with Gasteiger partial charge in [0.15, 0.2) is 0 Å². The Hall–Kier alpha value is -0.770. The zero-order chi connectivity index (χ0) is 15.2. The summed E-state index contributed by atoms with van der Waals surface area (Å²) in [6.45, 7) is 8.50. The predicted octanol–water partition coefficient (Wildman–Crippen LogP) is 5.72. The van der Waals surface area contributed by atoms with Crippen molar-refractivity contribution in [3.8, 4) is 0 Å². The van der Waals surface area contributed by atoms with Gasteiger partial charge in [0.1, 0.15) is 0 Å². The van der Waals surface area contributed by atoms with Crippen LogP contribution in [0, 0.1) is 13.8 Å². The Morgan fingerprint density at radius 3 is 2.62 bits per heavy atom. The fraction of sp³-hybridized carbons (Fsp3) is 0.333. The molecule has 0 fully saturated rings. The number of benzene rings is 2. The molecule has 0 aliphatic heterocycles. The Morgan fingerprint density at radius 2 is 1.86 bits per heavy atom. The number of aryl methyl sites for hydroxylation is 2. The Labute approximate surface area is 140 Å². The van der Waals surface area contributed by atoms with Gasteiger partial charge in [-0.25, -0.2) is 0 Å². The summed E-state index contributed by atoms with van der Waals surface area (Å²) in [5, 5.41) is 3.49. The number of rotatable bonds is 6. The first kappa shape index (κ1) is 16.6. The molecule has 112 valence electrons. The van der Waals surface area contributed by atoms with Crippen LogP contribution in [-0.4, -0.2) is 6.54 Å². The fourth-order valence-corrected chi connectivity index (χ4v) is 3.79. The quantitative estimate of drug-likeness (QED) is 0.658. The molecule has 0 saturated carbocycles. The van der Waals surface area contributed by atoms with E-state index in [0.717, 1.165) is 24.0 Å². The molecule has 0 atom stereocenters. The maximum absolute atomic E-state index is 3.59. The maximum Gasteiger partial charge on any atom is 0.0216 e. The largest absolute Gasteiger partial charge is 0.313 e. The van der Waals surface area contributed by atoms with E-state index in [1.165, 1.54) is 26.5 Å². The molecule has 0 saturated heterocycles. The maximum atomic E-state index is 3.59. The van der Waals surface area contributed by atoms with Gasteiger partial charge in [-0.3, -0.25) is 0 Å². The van der Waals surface area contributed by atoms with Crippen molar-refractivity contribution in [3.05, 3.63) is 57.6 Å². The van der Waals surface area contributed by atoms with Gasteiger partial charge in [0.2, 0.25) is 0 Å². The highest BCUT2D eigenvalue weighted by Crippen LogP contribution is 2.34. The molecule has 0 aromatic heterocycles. The summed E-state index contributed by atoms with van der Waals surface area (Å²) in [4.78, 5) is 2.66. The van der Waals surface area contributed by atoms with E-state index in [9.17, 15) is 0 Å². The van der Waals surface area contributed by atoms with Gasteiger partial charge >= 0.3 is 0 Å². The molecule has 2 rings (SSSR count). The lowest BCUT2D eigenvalue weighted by Crippen LogP contribution is -2.14. The first-order valence-electron chi connectivity index (χ1n) is 7.34. The lowest BCUT2D eigenvalue weighted by atomic mass is 10.2. The van der Waals surface area contributed by atoms with Crippen molar-refractivity contribution in [2.45, 2.75) is 43.5 Å². The van der Waals surface area contributed by atoms with Crippen molar-refractivity contribution in [2.24, 2.45) is 0 Å². The molecule has 2 aromatic carbocycles. The Bertz CT molecular complexity index is 610. The van der Waals surface area contributed by atoms with E-state index in [0.29, 0.717) is 0 Å². The molecular weight excluding hydrogens is 342 g/mol. The lowest BCUT2D eigenvalue weighted by Gasteiger charge is -2.12. The summed E-state index contributed by atoms with van der Waals surface area (Å²) in [7, 11) is 0. The topological polar surface area (TPSA) is 12.0 Å². The first-order valence-corrected chi connectivity index (χ1v) is 8.95. The minimum atomic E-state index is 0.925. The average molecular weight is 364 g/mol. The van der Waals surface area contributed by atoms with Crippen LogP contribution in [0.3, 0.4) is 0 Å². The van der Waals surface area contributed by atoms with Crippen LogP contribution in [0.15, 0.2) is 50.7 Å². The molecule has 1 nitrogen and oxygen atoms in total. The van der Waals surface area contributed by atoms with E-state index >= 15 is 0 Å². The zero-order valence-electron chi connectivity index (χ0n) is 12.9. The van der Waals surface area contributed by atoms with E-state index in [1.807, 2.05) is 11.8 Å². The highest BCUT2D eigenvalue weighted by atomic mass is 79.9. The number of halogens is 1. The molecular formula is C18H22BrNS. The van der Waals surface area contributed by atoms with E-state index in [4.69, 9.17) is 0 Å². The molecule has 0 amide bonds. The van der Waals surface area contributed by atoms with Crippen LogP contribution in [0.25, 0.3) is 0 Å². The Kier molecular flexibility index (Phi) is 6.34. The first-order chi connectivity index (χ1) is 10.1. The van der Waals surface area contributed by atoms with Crippen LogP contribution < -0.4 is 5.32 Å². The van der Waals surface area contributed by atoms with Crippen LogP contribution in [0.4, 0.5) is 0 Å². The third-order valence-corrected chi connectivity index (χ3v) is 5.09. The monoisotopic (exact) mass is 363 g/mol. The van der Waals surface area contributed by atoms with Crippen molar-refractivity contribution < 1.29 is 0 Å². The van der Waals surface area contributed by atoms with Gasteiger partial charge in [0.05, 0.1) is 0 Å². The molecule has 0 spiro atoms. The average Bonchev–Trinajstić information content (AvgIpc) is 2.45. The minimum Gasteiger partial charge on any atom is -0.313 e. The highest BCUT2D eigenvalue weighted by Gasteiger charge is 2.07.